The lowest BCUT2D eigenvalue weighted by Crippen LogP contribution is -2.23. The monoisotopic (exact) mass is 199 g/mol. The van der Waals surface area contributed by atoms with Crippen LogP contribution in [-0.4, -0.2) is 24.9 Å². The minimum atomic E-state index is -0.827. The molecule has 0 N–H and O–H groups in total. The first-order valence-electron chi connectivity index (χ1n) is 4.10. The Morgan fingerprint density at radius 2 is 1.79 bits per heavy atom. The van der Waals surface area contributed by atoms with Crippen molar-refractivity contribution >= 4 is 5.91 Å². The van der Waals surface area contributed by atoms with Gasteiger partial charge in [-0.15, -0.1) is 0 Å². The molecule has 0 saturated carbocycles. The van der Waals surface area contributed by atoms with Gasteiger partial charge in [-0.25, -0.2) is 8.78 Å². The van der Waals surface area contributed by atoms with Crippen molar-refractivity contribution in [2.45, 2.75) is 6.92 Å². The van der Waals surface area contributed by atoms with Crippen molar-refractivity contribution in [3.05, 3.63) is 34.9 Å². The Balaban J connectivity index is 3.22. The molecule has 0 aliphatic heterocycles. The van der Waals surface area contributed by atoms with Crippen molar-refractivity contribution in [3.8, 4) is 0 Å². The fourth-order valence-electron chi connectivity index (χ4n) is 1.06. The third-order valence-electron chi connectivity index (χ3n) is 1.88. The number of carbonyl (C=O) groups is 1. The Labute approximate surface area is 81.1 Å². The molecule has 1 amide bonds. The number of nitrogens with zero attached hydrogens (tertiary/aromatic N) is 1. The maximum absolute atomic E-state index is 13.2. The highest BCUT2D eigenvalue weighted by molar-refractivity contribution is 5.94. The van der Waals surface area contributed by atoms with E-state index in [0.29, 0.717) is 0 Å². The van der Waals surface area contributed by atoms with E-state index in [0.717, 1.165) is 6.07 Å². The van der Waals surface area contributed by atoms with Crippen molar-refractivity contribution in [3.63, 3.8) is 0 Å². The van der Waals surface area contributed by atoms with Gasteiger partial charge in [0.15, 0.2) is 0 Å². The number of aryl methyl sites for hydroxylation is 1. The lowest BCUT2D eigenvalue weighted by Gasteiger charge is -2.11. The Morgan fingerprint density at radius 1 is 1.21 bits per heavy atom. The molecule has 0 bridgehead atoms. The molecular weight excluding hydrogens is 188 g/mol. The van der Waals surface area contributed by atoms with Crippen molar-refractivity contribution in [1.82, 2.24) is 4.90 Å². The normalized spacial score (nSPS) is 10.1. The minimum absolute atomic E-state index is 0.103. The van der Waals surface area contributed by atoms with Gasteiger partial charge in [-0.05, 0) is 18.6 Å². The van der Waals surface area contributed by atoms with Crippen molar-refractivity contribution in [2.24, 2.45) is 0 Å². The number of carbonyl (C=O) groups excluding carboxylic acids is 1. The highest BCUT2D eigenvalue weighted by Crippen LogP contribution is 2.15. The second-order valence-corrected chi connectivity index (χ2v) is 3.28. The van der Waals surface area contributed by atoms with Gasteiger partial charge in [-0.3, -0.25) is 4.79 Å². The molecule has 0 aliphatic carbocycles. The van der Waals surface area contributed by atoms with Crippen LogP contribution >= 0.6 is 0 Å². The van der Waals surface area contributed by atoms with Gasteiger partial charge in [0.2, 0.25) is 0 Å². The first-order chi connectivity index (χ1) is 6.43. The number of rotatable bonds is 1. The van der Waals surface area contributed by atoms with Crippen LogP contribution in [0.15, 0.2) is 12.1 Å². The number of halogens is 2. The zero-order valence-corrected chi connectivity index (χ0v) is 8.27. The molecule has 2 nitrogen and oxygen atoms in total. The summed E-state index contributed by atoms with van der Waals surface area (Å²) in [7, 11) is 3.03. The molecule has 4 heteroatoms. The smallest absolute Gasteiger partial charge is 0.256 e. The highest BCUT2D eigenvalue weighted by atomic mass is 19.1. The quantitative estimate of drug-likeness (QED) is 0.677. The van der Waals surface area contributed by atoms with E-state index in [2.05, 4.69) is 0 Å². The molecular formula is C10H11F2NO. The third-order valence-corrected chi connectivity index (χ3v) is 1.88. The highest BCUT2D eigenvalue weighted by Gasteiger charge is 2.15. The summed E-state index contributed by atoms with van der Waals surface area (Å²) in [6.07, 6.45) is 0. The van der Waals surface area contributed by atoms with Crippen molar-refractivity contribution < 1.29 is 13.6 Å². The molecule has 0 spiro atoms. The van der Waals surface area contributed by atoms with Gasteiger partial charge in [0.05, 0.1) is 5.56 Å². The van der Waals surface area contributed by atoms with Crippen LogP contribution in [0.3, 0.4) is 0 Å². The molecule has 0 atom stereocenters. The number of benzene rings is 1. The SMILES string of the molecule is Cc1cc(C(=O)N(C)C)c(F)cc1F. The molecule has 1 aromatic carbocycles. The standard InChI is InChI=1S/C10H11F2NO/c1-6-4-7(10(14)13(2)3)9(12)5-8(6)11/h4-5H,1-3H3. The van der Waals surface area contributed by atoms with Crippen molar-refractivity contribution in [2.75, 3.05) is 14.1 Å². The Morgan fingerprint density at radius 3 is 2.29 bits per heavy atom. The molecule has 0 aromatic heterocycles. The zero-order chi connectivity index (χ0) is 10.9. The average molecular weight is 199 g/mol. The van der Waals surface area contributed by atoms with Crippen LogP contribution in [0.4, 0.5) is 8.78 Å². The maximum atomic E-state index is 13.2. The van der Waals surface area contributed by atoms with E-state index in [9.17, 15) is 13.6 Å². The van der Waals surface area contributed by atoms with Crippen LogP contribution in [0.2, 0.25) is 0 Å². The zero-order valence-electron chi connectivity index (χ0n) is 8.27. The van der Waals surface area contributed by atoms with Gasteiger partial charge >= 0.3 is 0 Å². The van der Waals surface area contributed by atoms with E-state index in [-0.39, 0.29) is 11.1 Å². The molecule has 76 valence electrons. The molecule has 1 aromatic rings. The molecule has 0 radical (unpaired) electrons. The maximum Gasteiger partial charge on any atom is 0.256 e. The molecule has 0 heterocycles. The van der Waals surface area contributed by atoms with E-state index in [4.69, 9.17) is 0 Å². The molecule has 0 unspecified atom stereocenters. The van der Waals surface area contributed by atoms with E-state index in [1.165, 1.54) is 32.0 Å². The average Bonchev–Trinajstić information content (AvgIpc) is 2.10. The Bertz CT molecular complexity index is 375. The summed E-state index contributed by atoms with van der Waals surface area (Å²) in [6, 6.07) is 1.94. The second kappa shape index (κ2) is 3.74. The van der Waals surface area contributed by atoms with Gasteiger partial charge in [-0.1, -0.05) is 0 Å². The predicted molar refractivity (Wildman–Crippen MR) is 49.1 cm³/mol. The van der Waals surface area contributed by atoms with Crippen LogP contribution in [0.25, 0.3) is 0 Å². The van der Waals surface area contributed by atoms with E-state index in [1.807, 2.05) is 0 Å². The van der Waals surface area contributed by atoms with Crippen LogP contribution in [0.5, 0.6) is 0 Å². The summed E-state index contributed by atoms with van der Waals surface area (Å²) in [5.74, 6) is -1.93. The van der Waals surface area contributed by atoms with Gasteiger partial charge in [-0.2, -0.15) is 0 Å². The summed E-state index contributed by atoms with van der Waals surface area (Å²) in [5.41, 5.74) is 0.158. The summed E-state index contributed by atoms with van der Waals surface area (Å²) >= 11 is 0. The summed E-state index contributed by atoms with van der Waals surface area (Å²) in [5, 5.41) is 0. The second-order valence-electron chi connectivity index (χ2n) is 3.28. The third kappa shape index (κ3) is 1.89. The van der Waals surface area contributed by atoms with Crippen LogP contribution in [-0.2, 0) is 0 Å². The topological polar surface area (TPSA) is 20.3 Å². The predicted octanol–water partition coefficient (Wildman–Crippen LogP) is 1.98. The Kier molecular flexibility index (Phi) is 2.84. The Hall–Kier alpha value is -1.45. The lowest BCUT2D eigenvalue weighted by atomic mass is 10.1. The minimum Gasteiger partial charge on any atom is -0.345 e. The number of amides is 1. The molecule has 14 heavy (non-hydrogen) atoms. The van der Waals surface area contributed by atoms with E-state index in [1.54, 1.807) is 0 Å². The lowest BCUT2D eigenvalue weighted by molar-refractivity contribution is 0.0823. The van der Waals surface area contributed by atoms with Gasteiger partial charge in [0.25, 0.3) is 5.91 Å². The van der Waals surface area contributed by atoms with Crippen LogP contribution in [0.1, 0.15) is 15.9 Å². The van der Waals surface area contributed by atoms with Crippen LogP contribution < -0.4 is 0 Å². The van der Waals surface area contributed by atoms with E-state index >= 15 is 0 Å². The summed E-state index contributed by atoms with van der Waals surface area (Å²) < 4.78 is 26.0. The molecule has 1 rings (SSSR count). The van der Waals surface area contributed by atoms with Crippen LogP contribution in [0, 0.1) is 18.6 Å². The molecule has 0 aliphatic rings. The van der Waals surface area contributed by atoms with Gasteiger partial charge in [0.1, 0.15) is 11.6 Å². The first-order valence-corrected chi connectivity index (χ1v) is 4.10. The van der Waals surface area contributed by atoms with E-state index < -0.39 is 17.5 Å². The summed E-state index contributed by atoms with van der Waals surface area (Å²) in [4.78, 5) is 12.6. The number of hydrogen-bond acceptors (Lipinski definition) is 1. The number of hydrogen-bond donors (Lipinski definition) is 0. The largest absolute Gasteiger partial charge is 0.345 e. The fraction of sp³-hybridized carbons (Fsp3) is 0.300. The molecule has 0 saturated heterocycles. The fourth-order valence-corrected chi connectivity index (χ4v) is 1.06. The first kappa shape index (κ1) is 10.6. The van der Waals surface area contributed by atoms with Crippen molar-refractivity contribution in [1.29, 1.82) is 0 Å². The molecule has 0 fully saturated rings. The summed E-state index contributed by atoms with van der Waals surface area (Å²) in [6.45, 7) is 1.49. The van der Waals surface area contributed by atoms with Gasteiger partial charge < -0.3 is 4.90 Å². The van der Waals surface area contributed by atoms with Gasteiger partial charge in [0, 0.05) is 20.2 Å².